The van der Waals surface area contributed by atoms with E-state index in [1.165, 1.54) is 0 Å². The number of nitrogens with one attached hydrogen (secondary N) is 1. The molecule has 1 amide bonds. The molecule has 29 heavy (non-hydrogen) atoms. The van der Waals surface area contributed by atoms with E-state index in [4.69, 9.17) is 4.52 Å². The SMILES string of the molecule is Cc1noc(CNC(=O)c2ccc(-n3cccn3)c(C#Cc3ccccc3)c2)n1. The number of hydrogen-bond donors (Lipinski definition) is 1. The molecule has 2 aromatic heterocycles. The van der Waals surface area contributed by atoms with Crippen LogP contribution >= 0.6 is 0 Å². The Morgan fingerprint density at radius 1 is 1.14 bits per heavy atom. The van der Waals surface area contributed by atoms with Crippen LogP contribution in [0.2, 0.25) is 0 Å². The molecule has 2 heterocycles. The number of carbonyl (C=O) groups is 1. The molecule has 0 unspecified atom stereocenters. The van der Waals surface area contributed by atoms with Crippen LogP contribution in [0, 0.1) is 18.8 Å². The van der Waals surface area contributed by atoms with Gasteiger partial charge in [0.25, 0.3) is 5.91 Å². The van der Waals surface area contributed by atoms with E-state index in [1.807, 2.05) is 48.7 Å². The van der Waals surface area contributed by atoms with Crippen LogP contribution in [0.4, 0.5) is 0 Å². The number of hydrogen-bond acceptors (Lipinski definition) is 5. The Morgan fingerprint density at radius 2 is 2.00 bits per heavy atom. The number of aryl methyl sites for hydroxylation is 1. The van der Waals surface area contributed by atoms with Crippen LogP contribution in [-0.2, 0) is 6.54 Å². The normalized spacial score (nSPS) is 10.2. The zero-order valence-electron chi connectivity index (χ0n) is 15.7. The Morgan fingerprint density at radius 3 is 2.72 bits per heavy atom. The monoisotopic (exact) mass is 383 g/mol. The van der Waals surface area contributed by atoms with Crippen molar-refractivity contribution in [3.05, 3.63) is 95.4 Å². The number of nitrogens with zero attached hydrogens (tertiary/aromatic N) is 4. The largest absolute Gasteiger partial charge is 0.343 e. The summed E-state index contributed by atoms with van der Waals surface area (Å²) in [7, 11) is 0. The van der Waals surface area contributed by atoms with Gasteiger partial charge in [-0.1, -0.05) is 35.2 Å². The Balaban J connectivity index is 1.62. The van der Waals surface area contributed by atoms with Crippen LogP contribution in [0.15, 0.2) is 71.5 Å². The maximum Gasteiger partial charge on any atom is 0.251 e. The quantitative estimate of drug-likeness (QED) is 0.548. The first-order chi connectivity index (χ1) is 14.2. The van der Waals surface area contributed by atoms with Crippen molar-refractivity contribution in [3.8, 4) is 17.5 Å². The van der Waals surface area contributed by atoms with Crippen molar-refractivity contribution in [2.24, 2.45) is 0 Å². The summed E-state index contributed by atoms with van der Waals surface area (Å²) in [6, 6.07) is 16.8. The highest BCUT2D eigenvalue weighted by atomic mass is 16.5. The van der Waals surface area contributed by atoms with E-state index in [-0.39, 0.29) is 12.5 Å². The molecule has 0 aliphatic carbocycles. The minimum Gasteiger partial charge on any atom is -0.343 e. The van der Waals surface area contributed by atoms with E-state index in [0.29, 0.717) is 22.8 Å². The fourth-order valence-electron chi connectivity index (χ4n) is 2.72. The fraction of sp³-hybridized carbons (Fsp3) is 0.0909. The summed E-state index contributed by atoms with van der Waals surface area (Å²) in [6.07, 6.45) is 3.53. The molecular weight excluding hydrogens is 366 g/mol. The molecule has 0 fully saturated rings. The Kier molecular flexibility index (Phi) is 5.16. The topological polar surface area (TPSA) is 85.8 Å². The number of rotatable bonds is 4. The van der Waals surface area contributed by atoms with Gasteiger partial charge in [-0.25, -0.2) is 4.68 Å². The number of aromatic nitrogens is 4. The Hall–Kier alpha value is -4.18. The van der Waals surface area contributed by atoms with Gasteiger partial charge in [0.1, 0.15) is 0 Å². The molecule has 0 bridgehead atoms. The standard InChI is InChI=1S/C22H17N5O2/c1-16-25-21(29-26-16)15-23-22(28)19-10-11-20(27-13-5-12-24-27)18(14-19)9-8-17-6-3-2-4-7-17/h2-7,10-14H,15H2,1H3,(H,23,28). The van der Waals surface area contributed by atoms with Crippen molar-refractivity contribution >= 4 is 5.91 Å². The van der Waals surface area contributed by atoms with Crippen molar-refractivity contribution in [2.75, 3.05) is 0 Å². The second-order valence-corrected chi connectivity index (χ2v) is 6.22. The third-order valence-electron chi connectivity index (χ3n) is 4.10. The molecule has 7 heteroatoms. The first-order valence-corrected chi connectivity index (χ1v) is 8.97. The lowest BCUT2D eigenvalue weighted by Gasteiger charge is -2.08. The second kappa shape index (κ2) is 8.23. The molecule has 7 nitrogen and oxygen atoms in total. The predicted octanol–water partition coefficient (Wildman–Crippen LogP) is 2.89. The first kappa shape index (κ1) is 18.2. The summed E-state index contributed by atoms with van der Waals surface area (Å²) in [5.74, 6) is 6.92. The maximum atomic E-state index is 12.6. The van der Waals surface area contributed by atoms with Crippen LogP contribution in [0.3, 0.4) is 0 Å². The van der Waals surface area contributed by atoms with E-state index >= 15 is 0 Å². The fourth-order valence-corrected chi connectivity index (χ4v) is 2.72. The molecular formula is C22H17N5O2. The number of amides is 1. The molecule has 0 aliphatic rings. The van der Waals surface area contributed by atoms with Gasteiger partial charge < -0.3 is 9.84 Å². The second-order valence-electron chi connectivity index (χ2n) is 6.22. The van der Waals surface area contributed by atoms with Crippen LogP contribution in [0.1, 0.15) is 33.2 Å². The van der Waals surface area contributed by atoms with E-state index in [2.05, 4.69) is 32.4 Å². The molecule has 1 N–H and O–H groups in total. The van der Waals surface area contributed by atoms with Crippen molar-refractivity contribution < 1.29 is 9.32 Å². The van der Waals surface area contributed by atoms with Gasteiger partial charge in [0, 0.05) is 23.5 Å². The van der Waals surface area contributed by atoms with Gasteiger partial charge in [0.2, 0.25) is 5.89 Å². The van der Waals surface area contributed by atoms with Gasteiger partial charge in [-0.2, -0.15) is 10.1 Å². The number of carbonyl (C=O) groups excluding carboxylic acids is 1. The van der Waals surface area contributed by atoms with Gasteiger partial charge in [-0.3, -0.25) is 4.79 Å². The third kappa shape index (κ3) is 4.39. The summed E-state index contributed by atoms with van der Waals surface area (Å²) in [4.78, 5) is 16.7. The van der Waals surface area contributed by atoms with Gasteiger partial charge in [0.05, 0.1) is 17.8 Å². The van der Waals surface area contributed by atoms with Crippen molar-refractivity contribution in [2.45, 2.75) is 13.5 Å². The van der Waals surface area contributed by atoms with E-state index in [9.17, 15) is 4.79 Å². The van der Waals surface area contributed by atoms with Crippen molar-refractivity contribution in [1.29, 1.82) is 0 Å². The molecule has 4 aromatic rings. The Labute approximate surface area is 167 Å². The predicted molar refractivity (Wildman–Crippen MR) is 106 cm³/mol. The van der Waals surface area contributed by atoms with Gasteiger partial charge in [-0.15, -0.1) is 0 Å². The smallest absolute Gasteiger partial charge is 0.251 e. The van der Waals surface area contributed by atoms with Crippen LogP contribution < -0.4 is 5.32 Å². The third-order valence-corrected chi connectivity index (χ3v) is 4.10. The molecule has 0 saturated heterocycles. The summed E-state index contributed by atoms with van der Waals surface area (Å²) in [6.45, 7) is 1.88. The van der Waals surface area contributed by atoms with E-state index in [0.717, 1.165) is 11.3 Å². The molecule has 0 atom stereocenters. The molecule has 0 saturated carbocycles. The minimum absolute atomic E-state index is 0.158. The van der Waals surface area contributed by atoms with Gasteiger partial charge in [0.15, 0.2) is 5.82 Å². The highest BCUT2D eigenvalue weighted by Gasteiger charge is 2.12. The summed E-state index contributed by atoms with van der Waals surface area (Å²) in [5.41, 5.74) is 2.86. The van der Waals surface area contributed by atoms with Crippen LogP contribution in [-0.4, -0.2) is 25.8 Å². The van der Waals surface area contributed by atoms with E-state index in [1.54, 1.807) is 29.9 Å². The number of benzene rings is 2. The molecule has 0 radical (unpaired) electrons. The summed E-state index contributed by atoms with van der Waals surface area (Å²) < 4.78 is 6.74. The van der Waals surface area contributed by atoms with Crippen molar-refractivity contribution in [3.63, 3.8) is 0 Å². The van der Waals surface area contributed by atoms with E-state index < -0.39 is 0 Å². The lowest BCUT2D eigenvalue weighted by Crippen LogP contribution is -2.23. The molecule has 0 spiro atoms. The molecule has 142 valence electrons. The maximum absolute atomic E-state index is 12.6. The molecule has 4 rings (SSSR count). The van der Waals surface area contributed by atoms with Crippen LogP contribution in [0.25, 0.3) is 5.69 Å². The first-order valence-electron chi connectivity index (χ1n) is 8.97. The van der Waals surface area contributed by atoms with Gasteiger partial charge in [-0.05, 0) is 43.3 Å². The zero-order chi connectivity index (χ0) is 20.1. The lowest BCUT2D eigenvalue weighted by molar-refractivity contribution is 0.0946. The minimum atomic E-state index is -0.254. The zero-order valence-corrected chi connectivity index (χ0v) is 15.7. The average Bonchev–Trinajstić information content (AvgIpc) is 3.43. The highest BCUT2D eigenvalue weighted by Crippen LogP contribution is 2.16. The Bertz CT molecular complexity index is 1180. The summed E-state index contributed by atoms with van der Waals surface area (Å²) in [5, 5.41) is 10.8. The lowest BCUT2D eigenvalue weighted by atomic mass is 10.1. The van der Waals surface area contributed by atoms with Crippen LogP contribution in [0.5, 0.6) is 0 Å². The highest BCUT2D eigenvalue weighted by molar-refractivity contribution is 5.94. The molecule has 0 aliphatic heterocycles. The average molecular weight is 383 g/mol. The van der Waals surface area contributed by atoms with Crippen molar-refractivity contribution in [1.82, 2.24) is 25.2 Å². The molecule has 2 aromatic carbocycles. The van der Waals surface area contributed by atoms with Gasteiger partial charge >= 0.3 is 0 Å². The summed E-state index contributed by atoms with van der Waals surface area (Å²) >= 11 is 0.